The predicted octanol–water partition coefficient (Wildman–Crippen LogP) is 3.06. The number of hydrogen-bond acceptors (Lipinski definition) is 8. The molecule has 0 radical (unpaired) electrons. The number of rotatable bonds is 16. The van der Waals surface area contributed by atoms with E-state index in [-0.39, 0.29) is 49.0 Å². The number of nitrogens with zero attached hydrogens (tertiary/aromatic N) is 1. The molecule has 4 amide bonds. The van der Waals surface area contributed by atoms with Crippen molar-refractivity contribution < 1.29 is 29.1 Å². The molecule has 0 aromatic heterocycles. The number of nitrogens with one attached hydrogen (secondary N) is 4. The number of carbonyl (C=O) groups is 5. The van der Waals surface area contributed by atoms with Crippen molar-refractivity contribution in [2.75, 3.05) is 25.0 Å². The summed E-state index contributed by atoms with van der Waals surface area (Å²) in [5.41, 5.74) is 6.73. The van der Waals surface area contributed by atoms with Crippen LogP contribution in [0.5, 0.6) is 0 Å². The van der Waals surface area contributed by atoms with Crippen LogP contribution in [0.1, 0.15) is 86.6 Å². The van der Waals surface area contributed by atoms with Gasteiger partial charge in [-0.25, -0.2) is 0 Å². The molecule has 46 heavy (non-hydrogen) atoms. The minimum Gasteiger partial charge on any atom is -0.386 e. The number of aryl methyl sites for hydroxylation is 1. The lowest BCUT2D eigenvalue weighted by Gasteiger charge is -2.26. The zero-order chi connectivity index (χ0) is 35.4. The number of amides is 4. The molecule has 1 aromatic carbocycles. The van der Waals surface area contributed by atoms with Gasteiger partial charge in [0.05, 0.1) is 12.4 Å². The van der Waals surface area contributed by atoms with E-state index in [1.807, 2.05) is 46.8 Å². The van der Waals surface area contributed by atoms with Crippen LogP contribution in [0, 0.1) is 17.8 Å². The molecule has 12 nitrogen and oxygen atoms in total. The van der Waals surface area contributed by atoms with Gasteiger partial charge in [0.25, 0.3) is 0 Å². The fourth-order valence-corrected chi connectivity index (χ4v) is 4.46. The molecule has 7 N–H and O–H groups in total. The fraction of sp³-hybridized carbons (Fsp3) is 0.618. The highest BCUT2D eigenvalue weighted by Crippen LogP contribution is 2.29. The number of ketones is 1. The van der Waals surface area contributed by atoms with Crippen LogP contribution in [-0.2, 0) is 30.4 Å². The molecular formula is C34H58N6O6. The van der Waals surface area contributed by atoms with Gasteiger partial charge in [-0.05, 0) is 42.4 Å². The van der Waals surface area contributed by atoms with E-state index in [2.05, 4.69) is 34.8 Å². The topological polar surface area (TPSA) is 183 Å². The third-order valence-electron chi connectivity index (χ3n) is 7.22. The molecule has 3 unspecified atom stereocenters. The van der Waals surface area contributed by atoms with E-state index < -0.39 is 30.0 Å². The standard InChI is InChI=1S/C27H40N4O6.C5H12N2.C2H6/c1-6-20(32)12-9-18-7-10-19(11-8-18)29-22(33)14-28-26(36)25(17(4)5)30-23(34)15-31-24(35)13-21(16(2)3)27(31)37;1-3-4-7-5(2)6;1-2/h7-8,10-11,16-17,21,25,27,37H,6,9,12-15H2,1-5H3,(H,28,36)(H,29,33)(H,30,34);7H,2-4,6H2,1H3;1-2H3. The second-order valence-electron chi connectivity index (χ2n) is 11.6. The zero-order valence-corrected chi connectivity index (χ0v) is 29.1. The highest BCUT2D eigenvalue weighted by Gasteiger charge is 2.41. The van der Waals surface area contributed by atoms with Crippen LogP contribution in [0.15, 0.2) is 36.7 Å². The van der Waals surface area contributed by atoms with Crippen molar-refractivity contribution in [2.24, 2.45) is 23.5 Å². The largest absolute Gasteiger partial charge is 0.386 e. The maximum atomic E-state index is 12.7. The Kier molecular flexibility index (Phi) is 20.6. The van der Waals surface area contributed by atoms with E-state index in [4.69, 9.17) is 5.73 Å². The molecule has 0 saturated carbocycles. The van der Waals surface area contributed by atoms with E-state index in [0.717, 1.165) is 23.4 Å². The molecule has 12 heteroatoms. The normalized spacial score (nSPS) is 16.0. The van der Waals surface area contributed by atoms with Crippen LogP contribution in [0.2, 0.25) is 0 Å². The van der Waals surface area contributed by atoms with Gasteiger partial charge in [0.2, 0.25) is 23.6 Å². The number of aliphatic hydroxyl groups excluding tert-OH is 1. The molecule has 2 rings (SSSR count). The van der Waals surface area contributed by atoms with Gasteiger partial charge < -0.3 is 37.0 Å². The summed E-state index contributed by atoms with van der Waals surface area (Å²) >= 11 is 0. The summed E-state index contributed by atoms with van der Waals surface area (Å²) in [6.07, 6.45) is 1.87. The Morgan fingerprint density at radius 2 is 1.63 bits per heavy atom. The van der Waals surface area contributed by atoms with Crippen molar-refractivity contribution >= 4 is 35.1 Å². The number of anilines is 1. The van der Waals surface area contributed by atoms with Crippen molar-refractivity contribution in [3.63, 3.8) is 0 Å². The Bertz CT molecular complexity index is 1120. The van der Waals surface area contributed by atoms with Gasteiger partial charge in [-0.3, -0.25) is 24.0 Å². The van der Waals surface area contributed by atoms with Crippen LogP contribution in [0.3, 0.4) is 0 Å². The summed E-state index contributed by atoms with van der Waals surface area (Å²) in [5, 5.41) is 21.2. The summed E-state index contributed by atoms with van der Waals surface area (Å²) in [5.74, 6) is -1.49. The van der Waals surface area contributed by atoms with Crippen LogP contribution >= 0.6 is 0 Å². The van der Waals surface area contributed by atoms with Gasteiger partial charge in [-0.1, -0.05) is 74.1 Å². The number of benzene rings is 1. The molecule has 260 valence electrons. The molecular weight excluding hydrogens is 588 g/mol. The van der Waals surface area contributed by atoms with E-state index in [0.29, 0.717) is 30.8 Å². The molecule has 1 heterocycles. The quantitative estimate of drug-likeness (QED) is 0.158. The van der Waals surface area contributed by atoms with Crippen molar-refractivity contribution in [1.82, 2.24) is 20.9 Å². The van der Waals surface area contributed by atoms with E-state index >= 15 is 0 Å². The van der Waals surface area contributed by atoms with Gasteiger partial charge in [0.1, 0.15) is 24.6 Å². The Hall–Kier alpha value is -3.93. The molecule has 1 aliphatic heterocycles. The summed E-state index contributed by atoms with van der Waals surface area (Å²) in [6, 6.07) is 6.24. The summed E-state index contributed by atoms with van der Waals surface area (Å²) in [4.78, 5) is 62.5. The average molecular weight is 647 g/mol. The van der Waals surface area contributed by atoms with Crippen LogP contribution < -0.4 is 27.0 Å². The van der Waals surface area contributed by atoms with Crippen molar-refractivity contribution in [3.8, 4) is 0 Å². The minimum atomic E-state index is -1.04. The first-order valence-electron chi connectivity index (χ1n) is 16.3. The lowest BCUT2D eigenvalue weighted by Crippen LogP contribution is -2.53. The van der Waals surface area contributed by atoms with Crippen LogP contribution in [0.25, 0.3) is 0 Å². The van der Waals surface area contributed by atoms with Crippen molar-refractivity contribution in [2.45, 2.75) is 99.8 Å². The average Bonchev–Trinajstić information content (AvgIpc) is 3.30. The Morgan fingerprint density at radius 3 is 2.09 bits per heavy atom. The molecule has 1 aliphatic rings. The Labute approximate surface area is 275 Å². The van der Waals surface area contributed by atoms with Crippen molar-refractivity contribution in [3.05, 3.63) is 42.2 Å². The molecule has 0 bridgehead atoms. The monoisotopic (exact) mass is 646 g/mol. The highest BCUT2D eigenvalue weighted by atomic mass is 16.3. The van der Waals surface area contributed by atoms with Crippen molar-refractivity contribution in [1.29, 1.82) is 0 Å². The lowest BCUT2D eigenvalue weighted by molar-refractivity contribution is -0.140. The van der Waals surface area contributed by atoms with Gasteiger partial charge in [-0.2, -0.15) is 0 Å². The predicted molar refractivity (Wildman–Crippen MR) is 182 cm³/mol. The minimum absolute atomic E-state index is 0.0850. The summed E-state index contributed by atoms with van der Waals surface area (Å²) in [6.45, 7) is 19.0. The smallest absolute Gasteiger partial charge is 0.243 e. The first kappa shape index (κ1) is 42.1. The maximum Gasteiger partial charge on any atom is 0.243 e. The van der Waals surface area contributed by atoms with E-state index in [9.17, 15) is 29.1 Å². The van der Waals surface area contributed by atoms with Gasteiger partial charge >= 0.3 is 0 Å². The molecule has 0 aliphatic carbocycles. The van der Waals surface area contributed by atoms with Gasteiger partial charge in [0.15, 0.2) is 0 Å². The molecule has 1 aromatic rings. The number of aliphatic hydroxyl groups is 1. The maximum absolute atomic E-state index is 12.7. The summed E-state index contributed by atoms with van der Waals surface area (Å²) < 4.78 is 0. The van der Waals surface area contributed by atoms with E-state index in [1.165, 1.54) is 0 Å². The number of hydrogen-bond donors (Lipinski definition) is 6. The first-order valence-corrected chi connectivity index (χ1v) is 16.3. The third kappa shape index (κ3) is 15.9. The number of carbonyl (C=O) groups excluding carboxylic acids is 5. The Morgan fingerprint density at radius 1 is 1.02 bits per heavy atom. The zero-order valence-electron chi connectivity index (χ0n) is 29.1. The van der Waals surface area contributed by atoms with Crippen LogP contribution in [-0.4, -0.2) is 71.3 Å². The highest BCUT2D eigenvalue weighted by molar-refractivity contribution is 5.96. The molecule has 0 spiro atoms. The van der Waals surface area contributed by atoms with Crippen LogP contribution in [0.4, 0.5) is 5.69 Å². The number of Topliss-reactive ketones (excluding diaryl/α,β-unsaturated/α-hetero) is 1. The summed E-state index contributed by atoms with van der Waals surface area (Å²) in [7, 11) is 0. The molecule has 3 atom stereocenters. The molecule has 1 saturated heterocycles. The number of likely N-dealkylation sites (tertiary alicyclic amines) is 1. The van der Waals surface area contributed by atoms with Gasteiger partial charge in [0, 0.05) is 37.4 Å². The van der Waals surface area contributed by atoms with Gasteiger partial charge in [-0.15, -0.1) is 0 Å². The SMILES string of the molecule is C=C(N)NCCC.CC.CCC(=O)CCc1ccc(NC(=O)CNC(=O)C(NC(=O)CN2C(=O)CC(C(C)C)C2O)C(C)C)cc1. The van der Waals surface area contributed by atoms with E-state index in [1.54, 1.807) is 26.0 Å². The third-order valence-corrected chi connectivity index (χ3v) is 7.22. The molecule has 1 fully saturated rings. The number of nitrogens with two attached hydrogens (primary N) is 1. The Balaban J connectivity index is 0.00000198. The first-order chi connectivity index (χ1) is 21.7. The second kappa shape index (κ2) is 22.6. The fourth-order valence-electron chi connectivity index (χ4n) is 4.46. The second-order valence-corrected chi connectivity index (χ2v) is 11.6. The lowest BCUT2D eigenvalue weighted by atomic mass is 9.94.